The van der Waals surface area contributed by atoms with E-state index in [2.05, 4.69) is 14.7 Å². The van der Waals surface area contributed by atoms with Crippen LogP contribution in [0.3, 0.4) is 0 Å². The van der Waals surface area contributed by atoms with Gasteiger partial charge in [-0.25, -0.2) is 9.78 Å². The molecule has 5 aromatic rings. The Hall–Kier alpha value is -4.42. The first-order chi connectivity index (χ1) is 21.3. The number of H-pyrrole nitrogens is 1. The summed E-state index contributed by atoms with van der Waals surface area (Å²) in [6.07, 6.45) is -3.11. The lowest BCUT2D eigenvalue weighted by atomic mass is 10.1. The predicted molar refractivity (Wildman–Crippen MR) is 162 cm³/mol. The van der Waals surface area contributed by atoms with Crippen LogP contribution in [0.2, 0.25) is 0 Å². The minimum absolute atomic E-state index is 0.182. The zero-order chi connectivity index (χ0) is 31.5. The molecule has 0 saturated heterocycles. The molecular weight excluding hydrogens is 595 g/mol. The number of benzene rings is 3. The number of aromatic amines is 1. The van der Waals surface area contributed by atoms with Gasteiger partial charge in [0.1, 0.15) is 23.1 Å². The molecule has 0 aliphatic carbocycles. The van der Waals surface area contributed by atoms with E-state index in [0.717, 1.165) is 28.3 Å². The first-order valence-corrected chi connectivity index (χ1v) is 14.8. The Balaban J connectivity index is 0.00000216. The molecule has 0 unspecified atom stereocenters. The number of ether oxygens (including phenoxy) is 3. The fourth-order valence-corrected chi connectivity index (χ4v) is 5.20. The Kier molecular flexibility index (Phi) is 11.3. The molecule has 0 spiro atoms. The molecule has 2 aromatic heterocycles. The highest BCUT2D eigenvalue weighted by molar-refractivity contribution is 7.15. The van der Waals surface area contributed by atoms with Crippen molar-refractivity contribution in [1.29, 1.82) is 0 Å². The second-order valence-electron chi connectivity index (χ2n) is 9.20. The molecule has 0 amide bonds. The lowest BCUT2D eigenvalue weighted by molar-refractivity contribution is -0.137. The maximum Gasteiger partial charge on any atom is 0.439 e. The number of aromatic nitrogens is 3. The number of thiazole rings is 1. The summed E-state index contributed by atoms with van der Waals surface area (Å²) in [7, 11) is 1.48. The summed E-state index contributed by atoms with van der Waals surface area (Å²) in [5.74, 6) is 0.467. The highest BCUT2D eigenvalue weighted by atomic mass is 32.1. The molecule has 3 aromatic carbocycles. The van der Waals surface area contributed by atoms with Crippen LogP contribution in [0.5, 0.6) is 11.5 Å². The van der Waals surface area contributed by atoms with Crippen molar-refractivity contribution < 1.29 is 31.9 Å². The van der Waals surface area contributed by atoms with E-state index < -0.39 is 17.5 Å². The smallest absolute Gasteiger partial charge is 0.439 e. The first kappa shape index (κ1) is 32.5. The van der Waals surface area contributed by atoms with Crippen molar-refractivity contribution in [2.75, 3.05) is 13.7 Å². The van der Waals surface area contributed by atoms with E-state index in [1.807, 2.05) is 44.2 Å². The lowest BCUT2D eigenvalue weighted by Gasteiger charge is -2.10. The quantitative estimate of drug-likeness (QED) is 0.140. The molecule has 44 heavy (non-hydrogen) atoms. The van der Waals surface area contributed by atoms with Crippen LogP contribution in [0.25, 0.3) is 22.0 Å². The van der Waals surface area contributed by atoms with Gasteiger partial charge < -0.3 is 14.2 Å². The zero-order valence-corrected chi connectivity index (χ0v) is 25.3. The van der Waals surface area contributed by atoms with Crippen molar-refractivity contribution in [3.05, 3.63) is 105 Å². The van der Waals surface area contributed by atoms with Crippen molar-refractivity contribution >= 4 is 11.3 Å². The van der Waals surface area contributed by atoms with Crippen LogP contribution in [-0.2, 0) is 30.5 Å². The summed E-state index contributed by atoms with van der Waals surface area (Å²) in [5.41, 5.74) is 2.28. The predicted octanol–water partition coefficient (Wildman–Crippen LogP) is 7.94. The van der Waals surface area contributed by atoms with Gasteiger partial charge in [-0.05, 0) is 42.7 Å². The molecule has 0 atom stereocenters. The van der Waals surface area contributed by atoms with Gasteiger partial charge in [0.15, 0.2) is 5.82 Å². The molecule has 0 radical (unpaired) electrons. The number of nitrogens with zero attached hydrogens (tertiary/aromatic N) is 2. The van der Waals surface area contributed by atoms with Crippen LogP contribution in [0.1, 0.15) is 42.0 Å². The number of alkyl halides is 3. The number of rotatable bonds is 12. The molecule has 1 N–H and O–H groups in total. The van der Waals surface area contributed by atoms with E-state index in [4.69, 9.17) is 19.2 Å². The molecule has 2 heterocycles. The lowest BCUT2D eigenvalue weighted by Crippen LogP contribution is -2.04. The van der Waals surface area contributed by atoms with Crippen LogP contribution >= 0.6 is 11.3 Å². The van der Waals surface area contributed by atoms with Crippen LogP contribution in [0.4, 0.5) is 13.2 Å². The second-order valence-corrected chi connectivity index (χ2v) is 10.3. The van der Waals surface area contributed by atoms with E-state index in [-0.39, 0.29) is 12.4 Å². The Morgan fingerprint density at radius 1 is 0.977 bits per heavy atom. The van der Waals surface area contributed by atoms with E-state index in [1.54, 1.807) is 18.2 Å². The summed E-state index contributed by atoms with van der Waals surface area (Å²) in [6, 6.07) is 19.9. The molecule has 12 heteroatoms. The average molecular weight is 628 g/mol. The van der Waals surface area contributed by atoms with Crippen LogP contribution in [-0.4, -0.2) is 28.8 Å². The number of aryl methyl sites for hydroxylation is 1. The fraction of sp³-hybridized carbons (Fsp3) is 0.281. The second kappa shape index (κ2) is 15.3. The van der Waals surface area contributed by atoms with Crippen molar-refractivity contribution in [1.82, 2.24) is 15.1 Å². The van der Waals surface area contributed by atoms with Gasteiger partial charge in [-0.2, -0.15) is 13.2 Å². The molecule has 0 aliphatic rings. The normalized spacial score (nSPS) is 11.1. The minimum atomic E-state index is -4.41. The van der Waals surface area contributed by atoms with Gasteiger partial charge in [0.2, 0.25) is 0 Å². The minimum Gasteiger partial charge on any atom is -0.496 e. The molecule has 0 fully saturated rings. The first-order valence-electron chi connectivity index (χ1n) is 14.0. The Labute approximate surface area is 256 Å². The highest BCUT2D eigenvalue weighted by Gasteiger charge is 2.30. The Morgan fingerprint density at radius 2 is 1.73 bits per heavy atom. The molecule has 0 saturated carbocycles. The topological polar surface area (TPSA) is 99.5 Å². The number of hydrogen-bond acceptors (Lipinski definition) is 8. The molecule has 5 rings (SSSR count). The van der Waals surface area contributed by atoms with Gasteiger partial charge in [0.05, 0.1) is 35.4 Å². The SMILES string of the molecule is CC.COc1cc(OCc2sc(-c3ccc(C(F)(F)F)cc3)nc2CCCOCc2ccccc2)ccc1-c1noc(=O)[nH]1. The van der Waals surface area contributed by atoms with E-state index >= 15 is 0 Å². The van der Waals surface area contributed by atoms with Gasteiger partial charge in [-0.15, -0.1) is 11.3 Å². The van der Waals surface area contributed by atoms with Crippen LogP contribution in [0.15, 0.2) is 82.1 Å². The standard InChI is InChI=1S/C30H26F3N3O5S.C2H6/c1-38-25-16-22(13-14-23(25)27-35-29(37)41-36-27)40-18-26-24(8-5-15-39-17-19-6-3-2-4-7-19)34-28(42-26)20-9-11-21(12-10-20)30(31,32)33;1-2/h2-4,6-7,9-14,16H,5,8,15,17-18H2,1H3,(H,35,36,37);1-2H3. The van der Waals surface area contributed by atoms with Gasteiger partial charge in [-0.3, -0.25) is 9.51 Å². The average Bonchev–Trinajstić information content (AvgIpc) is 3.66. The number of halogens is 3. The fourth-order valence-electron chi connectivity index (χ4n) is 4.17. The Bertz CT molecular complexity index is 1670. The molecule has 0 aliphatic heterocycles. The van der Waals surface area contributed by atoms with Crippen molar-refractivity contribution in [2.24, 2.45) is 0 Å². The highest BCUT2D eigenvalue weighted by Crippen LogP contribution is 2.35. The summed E-state index contributed by atoms with van der Waals surface area (Å²) < 4.78 is 61.1. The molecule has 232 valence electrons. The summed E-state index contributed by atoms with van der Waals surface area (Å²) >= 11 is 1.37. The van der Waals surface area contributed by atoms with Crippen molar-refractivity contribution in [3.8, 4) is 33.5 Å². The maximum absolute atomic E-state index is 13.1. The third kappa shape index (κ3) is 8.57. The summed E-state index contributed by atoms with van der Waals surface area (Å²) in [6.45, 7) is 5.21. The summed E-state index contributed by atoms with van der Waals surface area (Å²) in [4.78, 5) is 19.4. The monoisotopic (exact) mass is 627 g/mol. The van der Waals surface area contributed by atoms with Crippen molar-refractivity contribution in [2.45, 2.75) is 46.1 Å². The number of hydrogen-bond donors (Lipinski definition) is 1. The third-order valence-corrected chi connectivity index (χ3v) is 7.41. The van der Waals surface area contributed by atoms with Crippen molar-refractivity contribution in [3.63, 3.8) is 0 Å². The van der Waals surface area contributed by atoms with E-state index in [0.29, 0.717) is 53.7 Å². The van der Waals surface area contributed by atoms with Crippen LogP contribution in [0, 0.1) is 0 Å². The number of nitrogens with one attached hydrogen (secondary N) is 1. The van der Waals surface area contributed by atoms with Gasteiger partial charge in [-0.1, -0.05) is 61.5 Å². The largest absolute Gasteiger partial charge is 0.496 e. The third-order valence-electron chi connectivity index (χ3n) is 6.29. The molecule has 0 bridgehead atoms. The number of methoxy groups -OCH3 is 1. The molecule has 8 nitrogen and oxygen atoms in total. The van der Waals surface area contributed by atoms with Gasteiger partial charge in [0.25, 0.3) is 0 Å². The van der Waals surface area contributed by atoms with Gasteiger partial charge >= 0.3 is 11.9 Å². The molecular formula is C32H32F3N3O5S. The Morgan fingerprint density at radius 3 is 2.39 bits per heavy atom. The van der Waals surface area contributed by atoms with Gasteiger partial charge in [0, 0.05) is 18.2 Å². The van der Waals surface area contributed by atoms with E-state index in [1.165, 1.54) is 30.6 Å². The van der Waals surface area contributed by atoms with Crippen LogP contribution < -0.4 is 15.2 Å². The van der Waals surface area contributed by atoms with E-state index in [9.17, 15) is 18.0 Å². The summed E-state index contributed by atoms with van der Waals surface area (Å²) in [5, 5.41) is 4.30. The zero-order valence-electron chi connectivity index (χ0n) is 24.4. The maximum atomic E-state index is 13.1.